The molecule has 0 N–H and O–H groups in total. The summed E-state index contributed by atoms with van der Waals surface area (Å²) < 4.78 is 4.53. The highest BCUT2D eigenvalue weighted by Gasteiger charge is 2.17. The number of rotatable bonds is 5. The Morgan fingerprint density at radius 1 is 1.12 bits per heavy atom. The first-order valence-electron chi connectivity index (χ1n) is 5.84. The molecule has 0 fully saturated rings. The largest absolute Gasteiger partial charge is 0.469 e. The Hall–Kier alpha value is -1.64. The van der Waals surface area contributed by atoms with Gasteiger partial charge in [-0.15, -0.1) is 0 Å². The third-order valence-electron chi connectivity index (χ3n) is 2.81. The average molecular weight is 234 g/mol. The second kappa shape index (κ2) is 6.18. The standard InChI is InChI=1S/C14H18O3/c1-4-10-7-6-8-11(5-2)14(10)12(15)9-13(16)17-3/h6-8H,4-5,9H2,1-3H3. The van der Waals surface area contributed by atoms with E-state index in [0.717, 1.165) is 24.0 Å². The van der Waals surface area contributed by atoms with Crippen molar-refractivity contribution in [2.45, 2.75) is 33.1 Å². The molecule has 0 amide bonds. The summed E-state index contributed by atoms with van der Waals surface area (Å²) in [4.78, 5) is 23.2. The number of aryl methyl sites for hydroxylation is 2. The number of hydrogen-bond donors (Lipinski definition) is 0. The number of carbonyl (C=O) groups excluding carboxylic acids is 2. The van der Waals surface area contributed by atoms with Crippen LogP contribution < -0.4 is 0 Å². The summed E-state index contributed by atoms with van der Waals surface area (Å²) in [6, 6.07) is 5.82. The molecule has 0 saturated heterocycles. The van der Waals surface area contributed by atoms with E-state index in [1.165, 1.54) is 7.11 Å². The number of Topliss-reactive ketones (excluding diaryl/α,β-unsaturated/α-hetero) is 1. The molecule has 1 rings (SSSR count). The first-order chi connectivity index (χ1) is 8.13. The zero-order valence-electron chi connectivity index (χ0n) is 10.6. The summed E-state index contributed by atoms with van der Waals surface area (Å²) in [5.41, 5.74) is 2.69. The van der Waals surface area contributed by atoms with Crippen LogP contribution in [0.15, 0.2) is 18.2 Å². The van der Waals surface area contributed by atoms with Gasteiger partial charge in [-0.2, -0.15) is 0 Å². The van der Waals surface area contributed by atoms with E-state index in [-0.39, 0.29) is 12.2 Å². The molecular weight excluding hydrogens is 216 g/mol. The van der Waals surface area contributed by atoms with Crippen molar-refractivity contribution in [3.63, 3.8) is 0 Å². The molecule has 0 atom stereocenters. The summed E-state index contributed by atoms with van der Waals surface area (Å²) in [6.45, 7) is 4.01. The molecule has 0 aliphatic rings. The molecule has 0 bridgehead atoms. The fourth-order valence-electron chi connectivity index (χ4n) is 1.89. The van der Waals surface area contributed by atoms with E-state index < -0.39 is 5.97 Å². The predicted octanol–water partition coefficient (Wildman–Crippen LogP) is 2.56. The van der Waals surface area contributed by atoms with Crippen molar-refractivity contribution >= 4 is 11.8 Å². The molecule has 0 spiro atoms. The van der Waals surface area contributed by atoms with Gasteiger partial charge in [0, 0.05) is 5.56 Å². The van der Waals surface area contributed by atoms with Crippen LogP contribution in [0.4, 0.5) is 0 Å². The van der Waals surface area contributed by atoms with Gasteiger partial charge in [-0.3, -0.25) is 9.59 Å². The molecule has 1 aromatic rings. The predicted molar refractivity (Wildman–Crippen MR) is 66.2 cm³/mol. The Bertz CT molecular complexity index is 399. The van der Waals surface area contributed by atoms with Crippen LogP contribution in [-0.2, 0) is 22.4 Å². The molecule has 0 aliphatic carbocycles. The summed E-state index contributed by atoms with van der Waals surface area (Å²) in [7, 11) is 1.29. The van der Waals surface area contributed by atoms with Crippen molar-refractivity contribution in [1.82, 2.24) is 0 Å². The zero-order chi connectivity index (χ0) is 12.8. The van der Waals surface area contributed by atoms with E-state index in [0.29, 0.717) is 5.56 Å². The summed E-state index contributed by atoms with van der Waals surface area (Å²) in [6.07, 6.45) is 1.40. The summed E-state index contributed by atoms with van der Waals surface area (Å²) in [5, 5.41) is 0. The molecule has 0 radical (unpaired) electrons. The van der Waals surface area contributed by atoms with E-state index in [9.17, 15) is 9.59 Å². The smallest absolute Gasteiger partial charge is 0.313 e. The number of benzene rings is 1. The number of hydrogen-bond acceptors (Lipinski definition) is 3. The third kappa shape index (κ3) is 3.16. The van der Waals surface area contributed by atoms with Gasteiger partial charge in [0.25, 0.3) is 0 Å². The van der Waals surface area contributed by atoms with Crippen molar-refractivity contribution in [3.8, 4) is 0 Å². The van der Waals surface area contributed by atoms with E-state index in [1.54, 1.807) is 0 Å². The zero-order valence-corrected chi connectivity index (χ0v) is 10.6. The molecule has 0 unspecified atom stereocenters. The molecule has 1 aromatic carbocycles. The first-order valence-corrected chi connectivity index (χ1v) is 5.84. The van der Waals surface area contributed by atoms with Gasteiger partial charge in [0.15, 0.2) is 5.78 Å². The van der Waals surface area contributed by atoms with Gasteiger partial charge in [-0.1, -0.05) is 32.0 Å². The van der Waals surface area contributed by atoms with Crippen LogP contribution in [0.1, 0.15) is 41.8 Å². The SMILES string of the molecule is CCc1cccc(CC)c1C(=O)CC(=O)OC. The van der Waals surface area contributed by atoms with Crippen molar-refractivity contribution in [1.29, 1.82) is 0 Å². The monoisotopic (exact) mass is 234 g/mol. The normalized spacial score (nSPS) is 10.1. The minimum atomic E-state index is -0.483. The van der Waals surface area contributed by atoms with E-state index in [1.807, 2.05) is 32.0 Å². The Balaban J connectivity index is 3.09. The van der Waals surface area contributed by atoms with Crippen LogP contribution >= 0.6 is 0 Å². The van der Waals surface area contributed by atoms with Gasteiger partial charge in [0.05, 0.1) is 7.11 Å². The molecule has 0 heterocycles. The average Bonchev–Trinajstić information content (AvgIpc) is 2.37. The number of esters is 1. The third-order valence-corrected chi connectivity index (χ3v) is 2.81. The van der Waals surface area contributed by atoms with Gasteiger partial charge < -0.3 is 4.74 Å². The Morgan fingerprint density at radius 3 is 2.06 bits per heavy atom. The second-order valence-electron chi connectivity index (χ2n) is 3.83. The van der Waals surface area contributed by atoms with Crippen LogP contribution in [0.5, 0.6) is 0 Å². The minimum absolute atomic E-state index is 0.147. The maximum atomic E-state index is 12.1. The van der Waals surface area contributed by atoms with E-state index in [4.69, 9.17) is 0 Å². The van der Waals surface area contributed by atoms with Crippen LogP contribution in [0, 0.1) is 0 Å². The molecule has 0 aliphatic heterocycles. The molecule has 92 valence electrons. The highest BCUT2D eigenvalue weighted by Crippen LogP contribution is 2.18. The van der Waals surface area contributed by atoms with E-state index >= 15 is 0 Å². The lowest BCUT2D eigenvalue weighted by Crippen LogP contribution is -2.13. The number of methoxy groups -OCH3 is 1. The Labute approximate surface area is 102 Å². The molecule has 3 nitrogen and oxygen atoms in total. The lowest BCUT2D eigenvalue weighted by atomic mass is 9.93. The maximum absolute atomic E-state index is 12.1. The lowest BCUT2D eigenvalue weighted by molar-refractivity contribution is -0.139. The second-order valence-corrected chi connectivity index (χ2v) is 3.83. The fraction of sp³-hybridized carbons (Fsp3) is 0.429. The van der Waals surface area contributed by atoms with Gasteiger partial charge in [-0.25, -0.2) is 0 Å². The Kier molecular flexibility index (Phi) is 4.88. The summed E-state index contributed by atoms with van der Waals surface area (Å²) in [5.74, 6) is -0.630. The fourth-order valence-corrected chi connectivity index (χ4v) is 1.89. The highest BCUT2D eigenvalue weighted by molar-refractivity contribution is 6.07. The number of ether oxygens (including phenoxy) is 1. The van der Waals surface area contributed by atoms with Crippen LogP contribution in [-0.4, -0.2) is 18.9 Å². The minimum Gasteiger partial charge on any atom is -0.469 e. The van der Waals surface area contributed by atoms with E-state index in [2.05, 4.69) is 4.74 Å². The molecular formula is C14H18O3. The van der Waals surface area contributed by atoms with Crippen LogP contribution in [0.2, 0.25) is 0 Å². The molecule has 3 heteroatoms. The Morgan fingerprint density at radius 2 is 1.65 bits per heavy atom. The quantitative estimate of drug-likeness (QED) is 0.447. The highest BCUT2D eigenvalue weighted by atomic mass is 16.5. The van der Waals surface area contributed by atoms with Gasteiger partial charge >= 0.3 is 5.97 Å². The van der Waals surface area contributed by atoms with Gasteiger partial charge in [-0.05, 0) is 24.0 Å². The number of carbonyl (C=O) groups is 2. The molecule has 0 aromatic heterocycles. The lowest BCUT2D eigenvalue weighted by Gasteiger charge is -2.11. The maximum Gasteiger partial charge on any atom is 0.313 e. The number of ketones is 1. The van der Waals surface area contributed by atoms with Crippen LogP contribution in [0.25, 0.3) is 0 Å². The van der Waals surface area contributed by atoms with Gasteiger partial charge in [0.1, 0.15) is 6.42 Å². The van der Waals surface area contributed by atoms with Crippen LogP contribution in [0.3, 0.4) is 0 Å². The van der Waals surface area contributed by atoms with Crippen molar-refractivity contribution in [2.75, 3.05) is 7.11 Å². The van der Waals surface area contributed by atoms with Crippen molar-refractivity contribution in [2.24, 2.45) is 0 Å². The first kappa shape index (κ1) is 13.4. The van der Waals surface area contributed by atoms with Gasteiger partial charge in [0.2, 0.25) is 0 Å². The summed E-state index contributed by atoms with van der Waals surface area (Å²) >= 11 is 0. The van der Waals surface area contributed by atoms with Crippen molar-refractivity contribution in [3.05, 3.63) is 34.9 Å². The molecule has 0 saturated carbocycles. The van der Waals surface area contributed by atoms with Crippen molar-refractivity contribution < 1.29 is 14.3 Å². The molecule has 17 heavy (non-hydrogen) atoms. The topological polar surface area (TPSA) is 43.4 Å².